The van der Waals surface area contributed by atoms with Crippen LogP contribution in [0.1, 0.15) is 0 Å². The molecule has 0 radical (unpaired) electrons. The van der Waals surface area contributed by atoms with Crippen molar-refractivity contribution in [1.82, 2.24) is 0 Å². The Morgan fingerprint density at radius 1 is 1.00 bits per heavy atom. The minimum atomic E-state index is -4.85. The van der Waals surface area contributed by atoms with Crippen molar-refractivity contribution in [2.75, 3.05) is 0 Å². The van der Waals surface area contributed by atoms with Crippen molar-refractivity contribution in [3.05, 3.63) is 17.2 Å². The zero-order chi connectivity index (χ0) is 12.7. The second-order valence-corrected chi connectivity index (χ2v) is 5.92. The summed E-state index contributed by atoms with van der Waals surface area (Å²) in [6, 6.07) is 1.02. The molecule has 1 rings (SSSR count). The van der Waals surface area contributed by atoms with Gasteiger partial charge in [0, 0.05) is 0 Å². The largest absolute Gasteiger partial charge is 0.505 e. The summed E-state index contributed by atoms with van der Waals surface area (Å²) in [6.07, 6.45) is 0. The van der Waals surface area contributed by atoms with Crippen LogP contribution in [0, 0.1) is 0 Å². The summed E-state index contributed by atoms with van der Waals surface area (Å²) in [4.78, 5) is -1.96. The van der Waals surface area contributed by atoms with E-state index in [1.807, 2.05) is 0 Å². The SMILES string of the molecule is O=S(=O)(O)c1cc(Cl)c(O)c(S(=O)(=O)O)c1. The van der Waals surface area contributed by atoms with Crippen molar-refractivity contribution in [2.45, 2.75) is 9.79 Å². The van der Waals surface area contributed by atoms with E-state index in [1.54, 1.807) is 0 Å². The molecule has 1 aromatic carbocycles. The molecule has 0 spiro atoms. The van der Waals surface area contributed by atoms with Gasteiger partial charge in [0.15, 0.2) is 5.75 Å². The average molecular weight is 289 g/mol. The second-order valence-electron chi connectivity index (χ2n) is 2.70. The van der Waals surface area contributed by atoms with Gasteiger partial charge in [-0.1, -0.05) is 11.6 Å². The normalized spacial score (nSPS) is 12.7. The van der Waals surface area contributed by atoms with E-state index in [0.717, 1.165) is 0 Å². The Hall–Kier alpha value is -0.870. The van der Waals surface area contributed by atoms with Gasteiger partial charge in [-0.25, -0.2) is 0 Å². The number of halogens is 1. The van der Waals surface area contributed by atoms with Crippen LogP contribution in [0.5, 0.6) is 5.75 Å². The lowest BCUT2D eigenvalue weighted by atomic mass is 10.3. The zero-order valence-corrected chi connectivity index (χ0v) is 9.71. The maximum absolute atomic E-state index is 10.7. The Balaban J connectivity index is 3.72. The van der Waals surface area contributed by atoms with E-state index in [4.69, 9.17) is 20.7 Å². The first-order chi connectivity index (χ1) is 7.03. The summed E-state index contributed by atoms with van der Waals surface area (Å²) in [5.74, 6) is -1.00. The number of rotatable bonds is 2. The third kappa shape index (κ3) is 2.62. The minimum Gasteiger partial charge on any atom is -0.505 e. The fourth-order valence-electron chi connectivity index (χ4n) is 0.896. The highest BCUT2D eigenvalue weighted by Crippen LogP contribution is 2.33. The van der Waals surface area contributed by atoms with Crippen LogP contribution in [0.3, 0.4) is 0 Å². The van der Waals surface area contributed by atoms with E-state index >= 15 is 0 Å². The van der Waals surface area contributed by atoms with E-state index < -0.39 is 40.8 Å². The molecule has 0 aliphatic carbocycles. The van der Waals surface area contributed by atoms with Gasteiger partial charge in [-0.05, 0) is 12.1 Å². The fraction of sp³-hybridized carbons (Fsp3) is 0. The van der Waals surface area contributed by atoms with Gasteiger partial charge in [-0.15, -0.1) is 0 Å². The van der Waals surface area contributed by atoms with Crippen molar-refractivity contribution < 1.29 is 31.0 Å². The van der Waals surface area contributed by atoms with Gasteiger partial charge >= 0.3 is 0 Å². The highest BCUT2D eigenvalue weighted by Gasteiger charge is 2.23. The summed E-state index contributed by atoms with van der Waals surface area (Å²) in [7, 11) is -9.54. The molecule has 90 valence electrons. The number of aromatic hydroxyl groups is 1. The predicted octanol–water partition coefficient (Wildman–Crippen LogP) is 0.539. The van der Waals surface area contributed by atoms with Crippen molar-refractivity contribution in [1.29, 1.82) is 0 Å². The van der Waals surface area contributed by atoms with Crippen LogP contribution >= 0.6 is 11.6 Å². The van der Waals surface area contributed by atoms with E-state index in [-0.39, 0.29) is 0 Å². The second kappa shape index (κ2) is 3.86. The zero-order valence-electron chi connectivity index (χ0n) is 7.32. The van der Waals surface area contributed by atoms with E-state index in [1.165, 1.54) is 0 Å². The number of benzene rings is 1. The summed E-state index contributed by atoms with van der Waals surface area (Å²) in [5.41, 5.74) is 0. The average Bonchev–Trinajstić information content (AvgIpc) is 2.05. The monoisotopic (exact) mass is 288 g/mol. The lowest BCUT2D eigenvalue weighted by molar-refractivity contribution is 0.442. The lowest BCUT2D eigenvalue weighted by Gasteiger charge is -2.05. The van der Waals surface area contributed by atoms with E-state index in [0.29, 0.717) is 12.1 Å². The summed E-state index contributed by atoms with van der Waals surface area (Å²) in [5, 5.41) is 8.54. The first kappa shape index (κ1) is 13.2. The maximum atomic E-state index is 10.7. The number of phenolic OH excluding ortho intramolecular Hbond substituents is 1. The third-order valence-electron chi connectivity index (χ3n) is 1.58. The molecule has 0 aliphatic rings. The predicted molar refractivity (Wildman–Crippen MR) is 52.7 cm³/mol. The third-order valence-corrected chi connectivity index (χ3v) is 3.56. The van der Waals surface area contributed by atoms with Gasteiger partial charge in [0.2, 0.25) is 0 Å². The van der Waals surface area contributed by atoms with Gasteiger partial charge in [0.1, 0.15) is 4.90 Å². The molecule has 0 aromatic heterocycles. The molecule has 0 atom stereocenters. The van der Waals surface area contributed by atoms with Gasteiger partial charge in [-0.2, -0.15) is 16.8 Å². The molecule has 0 saturated carbocycles. The molecule has 7 nitrogen and oxygen atoms in total. The van der Waals surface area contributed by atoms with E-state index in [9.17, 15) is 21.9 Å². The molecular weight excluding hydrogens is 284 g/mol. The molecule has 0 heterocycles. The molecular formula is C6H5ClO7S2. The molecule has 0 aliphatic heterocycles. The molecule has 0 amide bonds. The van der Waals surface area contributed by atoms with Gasteiger partial charge < -0.3 is 5.11 Å². The van der Waals surface area contributed by atoms with Crippen LogP contribution in [0.4, 0.5) is 0 Å². The lowest BCUT2D eigenvalue weighted by Crippen LogP contribution is -2.04. The highest BCUT2D eigenvalue weighted by atomic mass is 35.5. The Morgan fingerprint density at radius 3 is 1.88 bits per heavy atom. The van der Waals surface area contributed by atoms with Crippen LogP contribution in [-0.2, 0) is 20.2 Å². The molecule has 0 fully saturated rings. The Kier molecular flexibility index (Phi) is 3.18. The Morgan fingerprint density at radius 2 is 1.50 bits per heavy atom. The fourth-order valence-corrected chi connectivity index (χ4v) is 2.47. The van der Waals surface area contributed by atoms with Crippen molar-refractivity contribution in [3.8, 4) is 5.75 Å². The molecule has 1 aromatic rings. The first-order valence-corrected chi connectivity index (χ1v) is 6.77. The van der Waals surface area contributed by atoms with Crippen molar-refractivity contribution in [2.24, 2.45) is 0 Å². The van der Waals surface area contributed by atoms with Crippen LogP contribution < -0.4 is 0 Å². The van der Waals surface area contributed by atoms with Gasteiger partial charge in [-0.3, -0.25) is 9.11 Å². The topological polar surface area (TPSA) is 129 Å². The van der Waals surface area contributed by atoms with Gasteiger partial charge in [0.05, 0.1) is 9.92 Å². The van der Waals surface area contributed by atoms with E-state index in [2.05, 4.69) is 0 Å². The Bertz CT molecular complexity index is 631. The summed E-state index contributed by atoms with van der Waals surface area (Å²) < 4.78 is 60.2. The summed E-state index contributed by atoms with van der Waals surface area (Å²) in [6.45, 7) is 0. The Labute approximate surface area is 95.8 Å². The number of hydrogen-bond acceptors (Lipinski definition) is 5. The first-order valence-electron chi connectivity index (χ1n) is 3.51. The van der Waals surface area contributed by atoms with Crippen LogP contribution in [-0.4, -0.2) is 31.0 Å². The van der Waals surface area contributed by atoms with Crippen molar-refractivity contribution >= 4 is 31.8 Å². The molecule has 0 bridgehead atoms. The number of hydrogen-bond donors (Lipinski definition) is 3. The highest BCUT2D eigenvalue weighted by molar-refractivity contribution is 7.86. The van der Waals surface area contributed by atoms with Crippen LogP contribution in [0.2, 0.25) is 5.02 Å². The quantitative estimate of drug-likeness (QED) is 0.677. The molecule has 3 N–H and O–H groups in total. The molecule has 0 unspecified atom stereocenters. The maximum Gasteiger partial charge on any atom is 0.298 e. The molecule has 10 heteroatoms. The standard InChI is InChI=1S/C6H5ClO7S2/c7-4-1-3(15(9,10)11)2-5(6(4)8)16(12,13)14/h1-2,8H,(H,9,10,11)(H,12,13,14). The van der Waals surface area contributed by atoms with Crippen LogP contribution in [0.25, 0.3) is 0 Å². The smallest absolute Gasteiger partial charge is 0.298 e. The van der Waals surface area contributed by atoms with Crippen LogP contribution in [0.15, 0.2) is 21.9 Å². The van der Waals surface area contributed by atoms with Gasteiger partial charge in [0.25, 0.3) is 20.2 Å². The van der Waals surface area contributed by atoms with Crippen molar-refractivity contribution in [3.63, 3.8) is 0 Å². The minimum absolute atomic E-state index is 0.381. The summed E-state index contributed by atoms with van der Waals surface area (Å²) >= 11 is 5.33. The number of phenols is 1. The molecule has 16 heavy (non-hydrogen) atoms. The molecule has 0 saturated heterocycles.